The molecule has 11 heteroatoms. The van der Waals surface area contributed by atoms with Crippen LogP contribution in [0.2, 0.25) is 5.02 Å². The quantitative estimate of drug-likeness (QED) is 0.495. The van der Waals surface area contributed by atoms with Crippen LogP contribution in [0.15, 0.2) is 44.4 Å². The third-order valence-electron chi connectivity index (χ3n) is 5.30. The molecule has 0 saturated carbocycles. The number of ketones is 1. The van der Waals surface area contributed by atoms with Crippen molar-refractivity contribution in [3.05, 3.63) is 79.9 Å². The Kier molecular flexibility index (Phi) is 6.68. The van der Waals surface area contributed by atoms with Gasteiger partial charge < -0.3 is 4.42 Å². The van der Waals surface area contributed by atoms with Gasteiger partial charge >= 0.3 is 5.76 Å². The average molecular weight is 482 g/mol. The smallest absolute Gasteiger partial charge is 0.391 e. The number of nitrogens with one attached hydrogen (secondary N) is 2. The fourth-order valence-corrected chi connectivity index (χ4v) is 5.19. The summed E-state index contributed by atoms with van der Waals surface area (Å²) in [5.74, 6) is -3.05. The highest BCUT2D eigenvalue weighted by molar-refractivity contribution is 7.89. The molecule has 0 radical (unpaired) electrons. The molecule has 0 spiro atoms. The predicted octanol–water partition coefficient (Wildman–Crippen LogP) is 3.80. The molecule has 32 heavy (non-hydrogen) atoms. The number of carbonyl (C=O) groups is 1. The molecule has 2 aromatic carbocycles. The Morgan fingerprint density at radius 3 is 2.53 bits per heavy atom. The number of rotatable bonds is 7. The number of aromatic amines is 1. The number of carbonyl (C=O) groups excluding carboxylic acids is 1. The lowest BCUT2D eigenvalue weighted by atomic mass is 9.88. The lowest BCUT2D eigenvalue weighted by Gasteiger charge is -2.25. The van der Waals surface area contributed by atoms with Gasteiger partial charge in [0.2, 0.25) is 15.9 Å². The number of benzene rings is 2. The van der Waals surface area contributed by atoms with E-state index in [4.69, 9.17) is 16.0 Å². The van der Waals surface area contributed by atoms with E-state index in [1.165, 1.54) is 31.2 Å². The molecule has 3 aromatic rings. The third kappa shape index (κ3) is 4.67. The third-order valence-corrected chi connectivity index (χ3v) is 7.04. The van der Waals surface area contributed by atoms with Crippen LogP contribution in [0.4, 0.5) is 4.39 Å². The van der Waals surface area contributed by atoms with Gasteiger partial charge in [0.1, 0.15) is 11.9 Å². The minimum Gasteiger partial charge on any atom is -0.391 e. The molecule has 2 unspecified atom stereocenters. The lowest BCUT2D eigenvalue weighted by Crippen LogP contribution is -2.33. The van der Waals surface area contributed by atoms with E-state index in [-0.39, 0.29) is 26.9 Å². The molecule has 2 atom stereocenters. The van der Waals surface area contributed by atoms with E-state index in [1.54, 1.807) is 26.8 Å². The fraction of sp³-hybridized carbons (Fsp3) is 0.286. The van der Waals surface area contributed by atoms with E-state index >= 15 is 0 Å². The second-order valence-electron chi connectivity index (χ2n) is 7.44. The summed E-state index contributed by atoms with van der Waals surface area (Å²) in [7, 11) is -4.35. The molecule has 2 N–H and O–H groups in total. The number of aromatic nitrogens is 2. The van der Waals surface area contributed by atoms with Crippen molar-refractivity contribution >= 4 is 27.4 Å². The van der Waals surface area contributed by atoms with E-state index in [0.717, 1.165) is 5.56 Å². The topological polar surface area (TPSA) is 122 Å². The Labute approximate surface area is 188 Å². The minimum atomic E-state index is -4.35. The standard InChI is InChI=1S/C21H21ClFN3O5S/c1-10-5-7-16(23)18(11(10)2)12(3)19(20-24-25-21(28)31-20)26-32(29,30)17-8-6-14(22)9-15(17)13(4)27/h5-9,12,19,26H,1-4H3,(H,25,28). The number of nitrogens with zero attached hydrogens (tertiary/aromatic N) is 1. The summed E-state index contributed by atoms with van der Waals surface area (Å²) in [5.41, 5.74) is 1.55. The number of hydrogen-bond donors (Lipinski definition) is 2. The normalized spacial score (nSPS) is 13.7. The number of aryl methyl sites for hydroxylation is 1. The predicted molar refractivity (Wildman–Crippen MR) is 116 cm³/mol. The molecule has 0 amide bonds. The maximum Gasteiger partial charge on any atom is 0.434 e. The molecule has 0 aliphatic rings. The zero-order valence-corrected chi connectivity index (χ0v) is 19.3. The number of sulfonamides is 1. The first-order valence-electron chi connectivity index (χ1n) is 9.56. The summed E-state index contributed by atoms with van der Waals surface area (Å²) in [4.78, 5) is 23.3. The van der Waals surface area contributed by atoms with Gasteiger partial charge in [0.15, 0.2) is 5.78 Å². The van der Waals surface area contributed by atoms with E-state index in [0.29, 0.717) is 5.56 Å². The molecule has 3 rings (SSSR count). The van der Waals surface area contributed by atoms with Crippen LogP contribution in [-0.4, -0.2) is 24.4 Å². The highest BCUT2D eigenvalue weighted by Crippen LogP contribution is 2.35. The van der Waals surface area contributed by atoms with Gasteiger partial charge in [-0.1, -0.05) is 24.6 Å². The van der Waals surface area contributed by atoms with Crippen molar-refractivity contribution in [3.63, 3.8) is 0 Å². The fourth-order valence-electron chi connectivity index (χ4n) is 3.51. The van der Waals surface area contributed by atoms with Crippen LogP contribution < -0.4 is 10.5 Å². The van der Waals surface area contributed by atoms with Gasteiger partial charge in [-0.25, -0.2) is 22.7 Å². The Hall–Kier alpha value is -2.82. The Morgan fingerprint density at radius 1 is 1.25 bits per heavy atom. The van der Waals surface area contributed by atoms with Crippen LogP contribution in [0.25, 0.3) is 0 Å². The van der Waals surface area contributed by atoms with Crippen molar-refractivity contribution in [3.8, 4) is 0 Å². The van der Waals surface area contributed by atoms with Gasteiger partial charge in [-0.15, -0.1) is 5.10 Å². The van der Waals surface area contributed by atoms with Crippen LogP contribution >= 0.6 is 11.6 Å². The van der Waals surface area contributed by atoms with E-state index in [2.05, 4.69) is 14.9 Å². The van der Waals surface area contributed by atoms with Gasteiger partial charge in [-0.3, -0.25) is 4.79 Å². The van der Waals surface area contributed by atoms with Crippen molar-refractivity contribution in [2.45, 2.75) is 44.6 Å². The van der Waals surface area contributed by atoms with Crippen LogP contribution in [0.5, 0.6) is 0 Å². The van der Waals surface area contributed by atoms with Crippen molar-refractivity contribution in [2.24, 2.45) is 0 Å². The molecule has 8 nitrogen and oxygen atoms in total. The van der Waals surface area contributed by atoms with Gasteiger partial charge in [0.25, 0.3) is 0 Å². The zero-order chi connectivity index (χ0) is 23.8. The lowest BCUT2D eigenvalue weighted by molar-refractivity contribution is 0.101. The minimum absolute atomic E-state index is 0.113. The first-order chi connectivity index (χ1) is 14.9. The van der Waals surface area contributed by atoms with Crippen LogP contribution in [-0.2, 0) is 10.0 Å². The molecule has 0 aliphatic heterocycles. The molecular weight excluding hydrogens is 461 g/mol. The molecular formula is C21H21ClFN3O5S. The zero-order valence-electron chi connectivity index (χ0n) is 17.7. The maximum absolute atomic E-state index is 14.8. The van der Waals surface area contributed by atoms with Gasteiger partial charge in [-0.2, -0.15) is 4.72 Å². The Morgan fingerprint density at radius 2 is 1.94 bits per heavy atom. The molecule has 0 bridgehead atoms. The largest absolute Gasteiger partial charge is 0.434 e. The van der Waals surface area contributed by atoms with Crippen molar-refractivity contribution in [1.29, 1.82) is 0 Å². The van der Waals surface area contributed by atoms with E-state index in [9.17, 15) is 22.4 Å². The maximum atomic E-state index is 14.8. The number of Topliss-reactive ketones (excluding diaryl/α,β-unsaturated/α-hetero) is 1. The van der Waals surface area contributed by atoms with E-state index in [1.807, 2.05) is 0 Å². The summed E-state index contributed by atoms with van der Waals surface area (Å²) in [6.45, 7) is 6.30. The van der Waals surface area contributed by atoms with Crippen LogP contribution in [0.1, 0.15) is 58.7 Å². The second-order valence-corrected chi connectivity index (χ2v) is 9.56. The van der Waals surface area contributed by atoms with Crippen LogP contribution in [0, 0.1) is 19.7 Å². The second kappa shape index (κ2) is 8.97. The summed E-state index contributed by atoms with van der Waals surface area (Å²) < 4.78 is 48.8. The molecule has 0 fully saturated rings. The first kappa shape index (κ1) is 23.8. The average Bonchev–Trinajstić information content (AvgIpc) is 3.15. The highest BCUT2D eigenvalue weighted by Gasteiger charge is 2.34. The first-order valence-corrected chi connectivity index (χ1v) is 11.4. The van der Waals surface area contributed by atoms with Crippen molar-refractivity contribution in [1.82, 2.24) is 14.9 Å². The van der Waals surface area contributed by atoms with Crippen molar-refractivity contribution < 1.29 is 22.0 Å². The summed E-state index contributed by atoms with van der Waals surface area (Å²) in [6, 6.07) is 5.41. The summed E-state index contributed by atoms with van der Waals surface area (Å²) in [5, 5.41) is 6.03. The van der Waals surface area contributed by atoms with E-state index < -0.39 is 39.3 Å². The molecule has 0 saturated heterocycles. The number of halogens is 2. The summed E-state index contributed by atoms with van der Waals surface area (Å²) in [6.07, 6.45) is 0. The van der Waals surface area contributed by atoms with Gasteiger partial charge in [0, 0.05) is 16.5 Å². The highest BCUT2D eigenvalue weighted by atomic mass is 35.5. The molecule has 170 valence electrons. The molecule has 0 aliphatic carbocycles. The molecule has 1 aromatic heterocycles. The number of hydrogen-bond acceptors (Lipinski definition) is 6. The van der Waals surface area contributed by atoms with Gasteiger partial charge in [-0.05, 0) is 61.7 Å². The van der Waals surface area contributed by atoms with Crippen molar-refractivity contribution in [2.75, 3.05) is 0 Å². The Balaban J connectivity index is 2.14. The SMILES string of the molecule is CC(=O)c1cc(Cl)ccc1S(=O)(=O)NC(c1n[nH]c(=O)o1)C(C)c1c(F)ccc(C)c1C. The number of H-pyrrole nitrogens is 1. The monoisotopic (exact) mass is 481 g/mol. The molecule has 1 heterocycles. The van der Waals surface area contributed by atoms with Crippen LogP contribution in [0.3, 0.4) is 0 Å². The summed E-state index contributed by atoms with van der Waals surface area (Å²) >= 11 is 5.92. The van der Waals surface area contributed by atoms with Gasteiger partial charge in [0.05, 0.1) is 4.90 Å². The Bertz CT molecular complexity index is 1350.